The summed E-state index contributed by atoms with van der Waals surface area (Å²) in [5.41, 5.74) is 1.80. The zero-order chi connectivity index (χ0) is 33.6. The smallest absolute Gasteiger partial charge is 0.258 e. The second kappa shape index (κ2) is 18.6. The maximum absolute atomic E-state index is 14.3. The molecule has 10 heteroatoms. The van der Waals surface area contributed by atoms with Crippen molar-refractivity contribution in [3.05, 3.63) is 59.7 Å². The van der Waals surface area contributed by atoms with Crippen LogP contribution in [0.25, 0.3) is 0 Å². The van der Waals surface area contributed by atoms with Gasteiger partial charge in [0.1, 0.15) is 5.75 Å². The van der Waals surface area contributed by atoms with Crippen molar-refractivity contribution in [3.8, 4) is 5.75 Å². The van der Waals surface area contributed by atoms with Gasteiger partial charge in [-0.25, -0.2) is 0 Å². The highest BCUT2D eigenvalue weighted by atomic mass is 16.5. The normalized spacial score (nSPS) is 20.3. The van der Waals surface area contributed by atoms with Crippen molar-refractivity contribution < 1.29 is 29.0 Å². The highest BCUT2D eigenvalue weighted by molar-refractivity contribution is 5.99. The first-order valence-corrected chi connectivity index (χ1v) is 16.5. The van der Waals surface area contributed by atoms with Crippen LogP contribution < -0.4 is 10.1 Å². The highest BCUT2D eigenvalue weighted by Crippen LogP contribution is 2.28. The number of likely N-dealkylation sites (N-methyl/N-ethyl adjacent to an activating group) is 1. The Morgan fingerprint density at radius 1 is 1.09 bits per heavy atom. The lowest BCUT2D eigenvalue weighted by atomic mass is 10.0. The summed E-state index contributed by atoms with van der Waals surface area (Å²) < 4.78 is 12.7. The van der Waals surface area contributed by atoms with Gasteiger partial charge in [0.05, 0.1) is 36.8 Å². The first-order chi connectivity index (χ1) is 22.0. The minimum atomic E-state index is -0.490. The van der Waals surface area contributed by atoms with Crippen LogP contribution in [0.3, 0.4) is 0 Å². The van der Waals surface area contributed by atoms with E-state index in [2.05, 4.69) is 5.32 Å². The molecule has 0 fully saturated rings. The molecule has 1 heterocycles. The van der Waals surface area contributed by atoms with Crippen LogP contribution in [0.5, 0.6) is 5.75 Å². The van der Waals surface area contributed by atoms with Crippen molar-refractivity contribution in [2.45, 2.75) is 77.5 Å². The Kier molecular flexibility index (Phi) is 15.0. The molecule has 10 nitrogen and oxygen atoms in total. The van der Waals surface area contributed by atoms with Crippen LogP contribution in [-0.2, 0) is 20.7 Å². The molecule has 3 amide bonds. The molecule has 0 spiro atoms. The molecule has 0 saturated carbocycles. The van der Waals surface area contributed by atoms with E-state index in [0.717, 1.165) is 37.8 Å². The molecular formula is C36H54N4O6. The van der Waals surface area contributed by atoms with Crippen LogP contribution in [0.2, 0.25) is 0 Å². The van der Waals surface area contributed by atoms with Gasteiger partial charge in [-0.15, -0.1) is 0 Å². The van der Waals surface area contributed by atoms with Gasteiger partial charge in [0.15, 0.2) is 0 Å². The molecule has 0 aromatic heterocycles. The Balaban J connectivity index is 1.86. The van der Waals surface area contributed by atoms with E-state index < -0.39 is 6.04 Å². The van der Waals surface area contributed by atoms with Crippen LogP contribution in [0.4, 0.5) is 5.69 Å². The summed E-state index contributed by atoms with van der Waals surface area (Å²) in [6.45, 7) is 7.57. The predicted molar refractivity (Wildman–Crippen MR) is 181 cm³/mol. The molecule has 1 aliphatic heterocycles. The number of rotatable bonds is 11. The van der Waals surface area contributed by atoms with Gasteiger partial charge in [0.2, 0.25) is 11.8 Å². The number of aliphatic hydroxyl groups is 1. The number of benzene rings is 2. The van der Waals surface area contributed by atoms with Gasteiger partial charge in [0, 0.05) is 44.8 Å². The lowest BCUT2D eigenvalue weighted by Crippen LogP contribution is -2.48. The van der Waals surface area contributed by atoms with E-state index in [9.17, 15) is 19.5 Å². The summed E-state index contributed by atoms with van der Waals surface area (Å²) in [5.74, 6) is -0.139. The molecule has 1 aliphatic rings. The average molecular weight is 639 g/mol. The molecule has 0 aliphatic carbocycles. The van der Waals surface area contributed by atoms with Crippen molar-refractivity contribution >= 4 is 23.4 Å². The molecular weight excluding hydrogens is 584 g/mol. The SMILES string of the molecule is C[C@@H]1CCCCO[C@H](CN(C)C(=O)Cc2ccccc2)[C@@H](C)CN([C@H](C)CO)C(=O)c2cc(NC(=O)CCCN(C)C)ccc2O1. The molecule has 0 bridgehead atoms. The van der Waals surface area contributed by atoms with Crippen LogP contribution in [0, 0.1) is 5.92 Å². The molecule has 46 heavy (non-hydrogen) atoms. The Bertz CT molecular complexity index is 1260. The number of nitrogens with one attached hydrogen (secondary N) is 1. The molecule has 2 N–H and O–H groups in total. The largest absolute Gasteiger partial charge is 0.490 e. The molecule has 254 valence electrons. The standard InChI is InChI=1S/C36H54N4O6/c1-26-23-40(27(2)25-41)36(44)31-22-30(37-34(42)16-12-19-38(4)5)17-18-32(31)46-28(3)13-10-11-20-45-33(26)24-39(6)35(43)21-29-14-8-7-9-15-29/h7-9,14-15,17-18,22,26-28,33,41H,10-13,16,19-21,23-25H2,1-6H3,(H,37,42)/t26-,27+,28+,33+/m0/s1. The zero-order valence-electron chi connectivity index (χ0n) is 28.5. The molecule has 2 aromatic carbocycles. The maximum Gasteiger partial charge on any atom is 0.258 e. The minimum Gasteiger partial charge on any atom is -0.490 e. The third-order valence-electron chi connectivity index (χ3n) is 8.42. The third-order valence-corrected chi connectivity index (χ3v) is 8.42. The lowest BCUT2D eigenvalue weighted by Gasteiger charge is -2.36. The van der Waals surface area contributed by atoms with Gasteiger partial charge in [-0.1, -0.05) is 37.3 Å². The summed E-state index contributed by atoms with van der Waals surface area (Å²) >= 11 is 0. The van der Waals surface area contributed by atoms with Crippen LogP contribution in [-0.4, -0.2) is 110 Å². The number of hydrogen-bond donors (Lipinski definition) is 2. The van der Waals surface area contributed by atoms with E-state index in [-0.39, 0.29) is 42.5 Å². The van der Waals surface area contributed by atoms with Crippen molar-refractivity contribution in [2.75, 3.05) is 59.3 Å². The van der Waals surface area contributed by atoms with E-state index in [1.54, 1.807) is 42.0 Å². The number of aliphatic hydroxyl groups excluding tert-OH is 1. The molecule has 4 atom stereocenters. The van der Waals surface area contributed by atoms with Gasteiger partial charge in [0.25, 0.3) is 5.91 Å². The molecule has 0 saturated heterocycles. The van der Waals surface area contributed by atoms with E-state index in [1.165, 1.54) is 0 Å². The fourth-order valence-corrected chi connectivity index (χ4v) is 5.52. The van der Waals surface area contributed by atoms with Crippen molar-refractivity contribution in [1.29, 1.82) is 0 Å². The second-order valence-electron chi connectivity index (χ2n) is 12.9. The summed E-state index contributed by atoms with van der Waals surface area (Å²) in [5, 5.41) is 13.1. The molecule has 3 rings (SSSR count). The zero-order valence-corrected chi connectivity index (χ0v) is 28.5. The summed E-state index contributed by atoms with van der Waals surface area (Å²) in [7, 11) is 5.73. The second-order valence-corrected chi connectivity index (χ2v) is 12.9. The molecule has 2 aromatic rings. The predicted octanol–water partition coefficient (Wildman–Crippen LogP) is 4.46. The monoisotopic (exact) mass is 638 g/mol. The molecule has 0 unspecified atom stereocenters. The van der Waals surface area contributed by atoms with Crippen molar-refractivity contribution in [1.82, 2.24) is 14.7 Å². The summed E-state index contributed by atoms with van der Waals surface area (Å²) in [6.07, 6.45) is 3.39. The number of carbonyl (C=O) groups is 3. The Labute approximate surface area is 275 Å². The van der Waals surface area contributed by atoms with Gasteiger partial charge < -0.3 is 34.6 Å². The maximum atomic E-state index is 14.3. The Morgan fingerprint density at radius 2 is 1.83 bits per heavy atom. The quantitative estimate of drug-likeness (QED) is 0.374. The number of fused-ring (bicyclic) bond motifs is 1. The highest BCUT2D eigenvalue weighted by Gasteiger charge is 2.31. The van der Waals surface area contributed by atoms with E-state index >= 15 is 0 Å². The summed E-state index contributed by atoms with van der Waals surface area (Å²) in [4.78, 5) is 45.5. The Morgan fingerprint density at radius 3 is 2.52 bits per heavy atom. The fraction of sp³-hybridized carbons (Fsp3) is 0.583. The van der Waals surface area contributed by atoms with Gasteiger partial charge >= 0.3 is 0 Å². The first-order valence-electron chi connectivity index (χ1n) is 16.5. The van der Waals surface area contributed by atoms with E-state index in [4.69, 9.17) is 9.47 Å². The Hall–Kier alpha value is -3.47. The van der Waals surface area contributed by atoms with E-state index in [1.807, 2.05) is 63.2 Å². The first kappa shape index (κ1) is 37.0. The molecule has 0 radical (unpaired) electrons. The van der Waals surface area contributed by atoms with Crippen LogP contribution in [0.15, 0.2) is 48.5 Å². The van der Waals surface area contributed by atoms with Gasteiger partial charge in [-0.3, -0.25) is 14.4 Å². The van der Waals surface area contributed by atoms with Crippen LogP contribution in [0.1, 0.15) is 68.8 Å². The number of nitrogens with zero attached hydrogens (tertiary/aromatic N) is 3. The topological polar surface area (TPSA) is 112 Å². The van der Waals surface area contributed by atoms with Crippen LogP contribution >= 0.6 is 0 Å². The average Bonchev–Trinajstić information content (AvgIpc) is 3.02. The summed E-state index contributed by atoms with van der Waals surface area (Å²) in [6, 6.07) is 14.4. The number of ether oxygens (including phenoxy) is 2. The number of carbonyl (C=O) groups excluding carboxylic acids is 3. The number of hydrogen-bond acceptors (Lipinski definition) is 7. The third kappa shape index (κ3) is 11.7. The number of anilines is 1. The minimum absolute atomic E-state index is 0.00532. The van der Waals surface area contributed by atoms with Gasteiger partial charge in [-0.05, 0) is 83.9 Å². The van der Waals surface area contributed by atoms with Gasteiger partial charge in [-0.2, -0.15) is 0 Å². The van der Waals surface area contributed by atoms with Crippen molar-refractivity contribution in [3.63, 3.8) is 0 Å². The lowest BCUT2D eigenvalue weighted by molar-refractivity contribution is -0.131. The van der Waals surface area contributed by atoms with E-state index in [0.29, 0.717) is 49.5 Å². The van der Waals surface area contributed by atoms with Crippen molar-refractivity contribution in [2.24, 2.45) is 5.92 Å². The fourth-order valence-electron chi connectivity index (χ4n) is 5.52. The number of amides is 3.